The minimum Gasteiger partial charge on any atom is -0.393 e. The zero-order valence-electron chi connectivity index (χ0n) is 13.0. The number of rotatable bonds is 5. The molecular weight excluding hydrogens is 284 g/mol. The Morgan fingerprint density at radius 1 is 1.33 bits per heavy atom. The van der Waals surface area contributed by atoms with Gasteiger partial charge in [0, 0.05) is 11.1 Å². The summed E-state index contributed by atoms with van der Waals surface area (Å²) in [6.45, 7) is 5.96. The number of hydrogen-bond donors (Lipinski definition) is 2. The first-order valence-corrected chi connectivity index (χ1v) is 8.34. The van der Waals surface area contributed by atoms with Gasteiger partial charge in [-0.3, -0.25) is 4.90 Å². The fourth-order valence-corrected chi connectivity index (χ4v) is 3.56. The van der Waals surface area contributed by atoms with Crippen LogP contribution >= 0.6 is 11.6 Å². The second-order valence-electron chi connectivity index (χ2n) is 6.15. The summed E-state index contributed by atoms with van der Waals surface area (Å²) in [5.74, 6) is 0.408. The first-order valence-electron chi connectivity index (χ1n) is 7.96. The number of likely N-dealkylation sites (tertiary alicyclic amines) is 1. The minimum absolute atomic E-state index is 0.0769. The van der Waals surface area contributed by atoms with Crippen molar-refractivity contribution in [3.63, 3.8) is 0 Å². The number of aliphatic hydroxyl groups is 1. The molecule has 0 spiro atoms. The van der Waals surface area contributed by atoms with E-state index in [1.165, 1.54) is 0 Å². The third kappa shape index (κ3) is 3.98. The fraction of sp³-hybridized carbons (Fsp3) is 0.647. The molecule has 1 aliphatic heterocycles. The van der Waals surface area contributed by atoms with Crippen LogP contribution in [0.15, 0.2) is 24.3 Å². The number of nitrogens with two attached hydrogens (primary N) is 1. The molecule has 0 bridgehead atoms. The molecule has 3 atom stereocenters. The molecule has 2 rings (SSSR count). The molecule has 0 amide bonds. The van der Waals surface area contributed by atoms with Gasteiger partial charge in [-0.2, -0.15) is 0 Å². The summed E-state index contributed by atoms with van der Waals surface area (Å²) in [4.78, 5) is 2.44. The van der Waals surface area contributed by atoms with Crippen molar-refractivity contribution < 1.29 is 5.11 Å². The second kappa shape index (κ2) is 7.59. The van der Waals surface area contributed by atoms with E-state index in [9.17, 15) is 5.11 Å². The normalized spacial score (nSPS) is 22.0. The lowest BCUT2D eigenvalue weighted by molar-refractivity contribution is 0.0496. The monoisotopic (exact) mass is 310 g/mol. The van der Waals surface area contributed by atoms with Crippen LogP contribution in [-0.2, 0) is 0 Å². The highest BCUT2D eigenvalue weighted by atomic mass is 35.5. The molecule has 118 valence electrons. The summed E-state index contributed by atoms with van der Waals surface area (Å²) in [6.07, 6.45) is 2.75. The van der Waals surface area contributed by atoms with Crippen molar-refractivity contribution in [2.24, 2.45) is 11.7 Å². The predicted octanol–water partition coefficient (Wildman–Crippen LogP) is 3.21. The van der Waals surface area contributed by atoms with E-state index >= 15 is 0 Å². The summed E-state index contributed by atoms with van der Waals surface area (Å²) in [7, 11) is 0. The van der Waals surface area contributed by atoms with Crippen molar-refractivity contribution in [3.8, 4) is 0 Å². The standard InChI is InChI=1S/C17H27ClN2O/c1-3-16(19)17(14-6-4-5-7-15(14)18)20-10-8-13(9-11-20)12(2)21/h4-7,12-13,16-17,21H,3,8-11,19H2,1-2H3. The fourth-order valence-electron chi connectivity index (χ4n) is 3.32. The largest absolute Gasteiger partial charge is 0.393 e. The Labute approximate surface area is 133 Å². The van der Waals surface area contributed by atoms with Crippen molar-refractivity contribution in [1.82, 2.24) is 4.90 Å². The van der Waals surface area contributed by atoms with E-state index in [0.717, 1.165) is 42.9 Å². The first kappa shape index (κ1) is 16.8. The highest BCUT2D eigenvalue weighted by Gasteiger charge is 2.31. The van der Waals surface area contributed by atoms with Gasteiger partial charge in [-0.25, -0.2) is 0 Å². The van der Waals surface area contributed by atoms with Gasteiger partial charge in [-0.1, -0.05) is 36.7 Å². The molecule has 0 radical (unpaired) electrons. The van der Waals surface area contributed by atoms with Gasteiger partial charge in [0.15, 0.2) is 0 Å². The van der Waals surface area contributed by atoms with Crippen LogP contribution in [0.5, 0.6) is 0 Å². The van der Waals surface area contributed by atoms with Crippen molar-refractivity contribution in [2.75, 3.05) is 13.1 Å². The van der Waals surface area contributed by atoms with E-state index in [4.69, 9.17) is 17.3 Å². The molecule has 1 aromatic carbocycles. The number of benzene rings is 1. The lowest BCUT2D eigenvalue weighted by Crippen LogP contribution is -2.45. The molecule has 3 nitrogen and oxygen atoms in total. The molecule has 0 aliphatic carbocycles. The molecular formula is C17H27ClN2O. The molecule has 3 N–H and O–H groups in total. The third-order valence-corrected chi connectivity index (χ3v) is 5.09. The molecule has 0 aromatic heterocycles. The molecule has 1 aliphatic rings. The summed E-state index contributed by atoms with van der Waals surface area (Å²) < 4.78 is 0. The summed E-state index contributed by atoms with van der Waals surface area (Å²) in [5, 5.41) is 10.5. The summed E-state index contributed by atoms with van der Waals surface area (Å²) in [6, 6.07) is 8.25. The number of nitrogens with zero attached hydrogens (tertiary/aromatic N) is 1. The number of hydrogen-bond acceptors (Lipinski definition) is 3. The maximum atomic E-state index is 9.75. The van der Waals surface area contributed by atoms with Gasteiger partial charge in [0.2, 0.25) is 0 Å². The molecule has 1 heterocycles. The van der Waals surface area contributed by atoms with E-state index in [1.54, 1.807) is 0 Å². The predicted molar refractivity (Wildman–Crippen MR) is 88.4 cm³/mol. The van der Waals surface area contributed by atoms with E-state index in [0.29, 0.717) is 5.92 Å². The van der Waals surface area contributed by atoms with Crippen LogP contribution in [0, 0.1) is 5.92 Å². The van der Waals surface area contributed by atoms with E-state index in [-0.39, 0.29) is 18.2 Å². The lowest BCUT2D eigenvalue weighted by Gasteiger charge is -2.41. The smallest absolute Gasteiger partial charge is 0.0541 e. The Kier molecular flexibility index (Phi) is 6.06. The van der Waals surface area contributed by atoms with E-state index in [2.05, 4.69) is 17.9 Å². The average molecular weight is 311 g/mol. The van der Waals surface area contributed by atoms with Crippen LogP contribution in [0.2, 0.25) is 5.02 Å². The maximum Gasteiger partial charge on any atom is 0.0541 e. The summed E-state index contributed by atoms with van der Waals surface area (Å²) >= 11 is 6.40. The molecule has 1 aromatic rings. The average Bonchev–Trinajstić information content (AvgIpc) is 2.49. The Hall–Kier alpha value is -0.610. The lowest BCUT2D eigenvalue weighted by atomic mass is 9.88. The van der Waals surface area contributed by atoms with Crippen molar-refractivity contribution >= 4 is 11.6 Å². The first-order chi connectivity index (χ1) is 10.0. The van der Waals surface area contributed by atoms with Crippen LogP contribution in [0.1, 0.15) is 44.7 Å². The molecule has 4 heteroatoms. The van der Waals surface area contributed by atoms with E-state index < -0.39 is 0 Å². The SMILES string of the molecule is CCC(N)C(c1ccccc1Cl)N1CCC(C(C)O)CC1. The third-order valence-electron chi connectivity index (χ3n) is 4.75. The van der Waals surface area contributed by atoms with Gasteiger partial charge in [-0.15, -0.1) is 0 Å². The number of halogens is 1. The van der Waals surface area contributed by atoms with E-state index in [1.807, 2.05) is 25.1 Å². The van der Waals surface area contributed by atoms with Gasteiger partial charge >= 0.3 is 0 Å². The quantitative estimate of drug-likeness (QED) is 0.878. The van der Waals surface area contributed by atoms with Crippen molar-refractivity contribution in [1.29, 1.82) is 0 Å². The van der Waals surface area contributed by atoms with Crippen LogP contribution in [0.25, 0.3) is 0 Å². The molecule has 1 fully saturated rings. The number of aliphatic hydroxyl groups excluding tert-OH is 1. The van der Waals surface area contributed by atoms with Crippen LogP contribution in [0.4, 0.5) is 0 Å². The van der Waals surface area contributed by atoms with Crippen LogP contribution < -0.4 is 5.73 Å². The minimum atomic E-state index is -0.217. The molecule has 1 saturated heterocycles. The van der Waals surface area contributed by atoms with Crippen molar-refractivity contribution in [3.05, 3.63) is 34.9 Å². The zero-order chi connectivity index (χ0) is 15.4. The number of piperidine rings is 1. The van der Waals surface area contributed by atoms with Crippen LogP contribution in [-0.4, -0.2) is 35.2 Å². The highest BCUT2D eigenvalue weighted by Crippen LogP contribution is 2.34. The van der Waals surface area contributed by atoms with Gasteiger partial charge in [0.05, 0.1) is 12.1 Å². The van der Waals surface area contributed by atoms with Crippen LogP contribution in [0.3, 0.4) is 0 Å². The topological polar surface area (TPSA) is 49.5 Å². The van der Waals surface area contributed by atoms with Gasteiger partial charge in [0.1, 0.15) is 0 Å². The Morgan fingerprint density at radius 3 is 2.48 bits per heavy atom. The maximum absolute atomic E-state index is 9.75. The van der Waals surface area contributed by atoms with Gasteiger partial charge in [-0.05, 0) is 56.8 Å². The zero-order valence-corrected chi connectivity index (χ0v) is 13.8. The second-order valence-corrected chi connectivity index (χ2v) is 6.56. The highest BCUT2D eigenvalue weighted by molar-refractivity contribution is 6.31. The Bertz CT molecular complexity index is 444. The molecule has 21 heavy (non-hydrogen) atoms. The Balaban J connectivity index is 2.17. The molecule has 0 saturated carbocycles. The molecule has 3 unspecified atom stereocenters. The van der Waals surface area contributed by atoms with Gasteiger partial charge < -0.3 is 10.8 Å². The Morgan fingerprint density at radius 2 is 1.95 bits per heavy atom. The van der Waals surface area contributed by atoms with Gasteiger partial charge in [0.25, 0.3) is 0 Å². The van der Waals surface area contributed by atoms with Crippen molar-refractivity contribution in [2.45, 2.75) is 51.3 Å². The summed E-state index contributed by atoms with van der Waals surface area (Å²) in [5.41, 5.74) is 7.52.